The van der Waals surface area contributed by atoms with Crippen LogP contribution in [0.25, 0.3) is 10.9 Å². The number of benzene rings is 1. The van der Waals surface area contributed by atoms with E-state index in [1.54, 1.807) is 6.20 Å². The Labute approximate surface area is 148 Å². The van der Waals surface area contributed by atoms with Gasteiger partial charge >= 0.3 is 0 Å². The van der Waals surface area contributed by atoms with Crippen molar-refractivity contribution >= 4 is 28.4 Å². The van der Waals surface area contributed by atoms with Crippen LogP contribution in [0.1, 0.15) is 33.6 Å². The second kappa shape index (κ2) is 6.82. The van der Waals surface area contributed by atoms with Crippen molar-refractivity contribution < 1.29 is 9.59 Å². The third kappa shape index (κ3) is 3.81. The molecule has 25 heavy (non-hydrogen) atoms. The molecule has 132 valence electrons. The Bertz CT molecular complexity index is 782. The predicted molar refractivity (Wildman–Crippen MR) is 99.1 cm³/mol. The Balaban J connectivity index is 1.64. The van der Waals surface area contributed by atoms with Gasteiger partial charge in [-0.15, -0.1) is 0 Å². The third-order valence-corrected chi connectivity index (χ3v) is 4.70. The smallest absolute Gasteiger partial charge is 0.227 e. The van der Waals surface area contributed by atoms with Gasteiger partial charge in [0.1, 0.15) is 0 Å². The van der Waals surface area contributed by atoms with E-state index in [-0.39, 0.29) is 23.1 Å². The van der Waals surface area contributed by atoms with Crippen LogP contribution in [0, 0.1) is 11.3 Å². The highest BCUT2D eigenvalue weighted by Gasteiger charge is 2.32. The number of nitrogens with one attached hydrogen (secondary N) is 1. The van der Waals surface area contributed by atoms with Gasteiger partial charge in [0.05, 0.1) is 11.2 Å². The molecule has 1 aromatic heterocycles. The van der Waals surface area contributed by atoms with E-state index in [0.717, 1.165) is 16.6 Å². The summed E-state index contributed by atoms with van der Waals surface area (Å²) in [5, 5.41) is 3.99. The van der Waals surface area contributed by atoms with Crippen LogP contribution in [-0.2, 0) is 9.59 Å². The fourth-order valence-corrected chi connectivity index (χ4v) is 3.27. The first kappa shape index (κ1) is 17.4. The molecule has 1 saturated heterocycles. The first-order valence-electron chi connectivity index (χ1n) is 8.80. The Hall–Kier alpha value is -2.43. The van der Waals surface area contributed by atoms with Gasteiger partial charge in [0.2, 0.25) is 11.8 Å². The summed E-state index contributed by atoms with van der Waals surface area (Å²) in [5.41, 5.74) is 1.29. The summed E-state index contributed by atoms with van der Waals surface area (Å²) in [5.74, 6) is 0.127. The molecule has 5 nitrogen and oxygen atoms in total. The van der Waals surface area contributed by atoms with Gasteiger partial charge in [0, 0.05) is 36.0 Å². The topological polar surface area (TPSA) is 62.3 Å². The number of pyridine rings is 1. The predicted octanol–water partition coefficient (Wildman–Crippen LogP) is 3.46. The molecule has 5 heteroatoms. The number of nitrogens with zero attached hydrogens (tertiary/aromatic N) is 2. The van der Waals surface area contributed by atoms with E-state index in [2.05, 4.69) is 10.3 Å². The lowest BCUT2D eigenvalue weighted by molar-refractivity contribution is -0.142. The second-order valence-corrected chi connectivity index (χ2v) is 7.68. The van der Waals surface area contributed by atoms with Crippen molar-refractivity contribution in [1.82, 2.24) is 9.88 Å². The van der Waals surface area contributed by atoms with Crippen LogP contribution in [-0.4, -0.2) is 34.8 Å². The Kier molecular flexibility index (Phi) is 4.75. The van der Waals surface area contributed by atoms with Crippen molar-refractivity contribution in [2.24, 2.45) is 11.3 Å². The molecule has 0 unspecified atom stereocenters. The minimum absolute atomic E-state index is 0.0270. The molecule has 0 atom stereocenters. The highest BCUT2D eigenvalue weighted by Crippen LogP contribution is 2.26. The summed E-state index contributed by atoms with van der Waals surface area (Å²) in [4.78, 5) is 31.2. The molecule has 1 N–H and O–H groups in total. The minimum atomic E-state index is -0.370. The number of carbonyl (C=O) groups is 2. The molecule has 3 rings (SSSR count). The van der Waals surface area contributed by atoms with Crippen LogP contribution in [0.2, 0.25) is 0 Å². The summed E-state index contributed by atoms with van der Waals surface area (Å²) in [6, 6.07) is 9.56. The molecule has 1 aliphatic rings. The maximum Gasteiger partial charge on any atom is 0.227 e. The van der Waals surface area contributed by atoms with E-state index in [1.165, 1.54) is 0 Å². The molecular formula is C20H25N3O2. The number of amides is 2. The maximum atomic E-state index is 12.6. The molecule has 0 radical (unpaired) electrons. The van der Waals surface area contributed by atoms with Gasteiger partial charge in [-0.25, -0.2) is 0 Å². The number of carbonyl (C=O) groups excluding carboxylic acids is 2. The SMILES string of the molecule is CC(C)(C)C(=O)N1CCC(C(=O)Nc2cccc3ncccc23)CC1. The van der Waals surface area contributed by atoms with Crippen LogP contribution >= 0.6 is 0 Å². The number of aromatic nitrogens is 1. The summed E-state index contributed by atoms with van der Waals surface area (Å²) < 4.78 is 0. The van der Waals surface area contributed by atoms with Crippen molar-refractivity contribution in [2.45, 2.75) is 33.6 Å². The number of fused-ring (bicyclic) bond motifs is 1. The van der Waals surface area contributed by atoms with E-state index in [4.69, 9.17) is 0 Å². The lowest BCUT2D eigenvalue weighted by atomic mass is 9.90. The number of rotatable bonds is 2. The van der Waals surface area contributed by atoms with Crippen molar-refractivity contribution in [1.29, 1.82) is 0 Å². The van der Waals surface area contributed by atoms with Gasteiger partial charge in [0.25, 0.3) is 0 Å². The van der Waals surface area contributed by atoms with Crippen LogP contribution in [0.3, 0.4) is 0 Å². The van der Waals surface area contributed by atoms with E-state index in [1.807, 2.05) is 56.0 Å². The van der Waals surface area contributed by atoms with Gasteiger partial charge in [-0.2, -0.15) is 0 Å². The van der Waals surface area contributed by atoms with Gasteiger partial charge in [0.15, 0.2) is 0 Å². The Morgan fingerprint density at radius 2 is 1.84 bits per heavy atom. The fraction of sp³-hybridized carbons (Fsp3) is 0.450. The zero-order chi connectivity index (χ0) is 18.0. The lowest BCUT2D eigenvalue weighted by Crippen LogP contribution is -2.45. The van der Waals surface area contributed by atoms with Crippen LogP contribution < -0.4 is 5.32 Å². The lowest BCUT2D eigenvalue weighted by Gasteiger charge is -2.35. The molecule has 1 aromatic carbocycles. The fourth-order valence-electron chi connectivity index (χ4n) is 3.27. The molecule has 1 fully saturated rings. The zero-order valence-corrected chi connectivity index (χ0v) is 15.1. The molecule has 2 amide bonds. The summed E-state index contributed by atoms with van der Waals surface area (Å²) in [6.45, 7) is 7.09. The summed E-state index contributed by atoms with van der Waals surface area (Å²) in [7, 11) is 0. The molecule has 1 aliphatic heterocycles. The minimum Gasteiger partial charge on any atom is -0.342 e. The Morgan fingerprint density at radius 1 is 1.12 bits per heavy atom. The first-order chi connectivity index (χ1) is 11.9. The van der Waals surface area contributed by atoms with E-state index in [0.29, 0.717) is 25.9 Å². The summed E-state index contributed by atoms with van der Waals surface area (Å²) >= 11 is 0. The first-order valence-corrected chi connectivity index (χ1v) is 8.80. The molecule has 0 spiro atoms. The number of anilines is 1. The average molecular weight is 339 g/mol. The Morgan fingerprint density at radius 3 is 2.52 bits per heavy atom. The van der Waals surface area contributed by atoms with Crippen LogP contribution in [0.4, 0.5) is 5.69 Å². The largest absolute Gasteiger partial charge is 0.342 e. The molecule has 2 heterocycles. The number of hydrogen-bond donors (Lipinski definition) is 1. The van der Waals surface area contributed by atoms with Crippen molar-refractivity contribution in [3.8, 4) is 0 Å². The zero-order valence-electron chi connectivity index (χ0n) is 15.1. The highest BCUT2D eigenvalue weighted by molar-refractivity contribution is 6.01. The van der Waals surface area contributed by atoms with Gasteiger partial charge < -0.3 is 10.2 Å². The van der Waals surface area contributed by atoms with Crippen molar-refractivity contribution in [3.05, 3.63) is 36.5 Å². The van der Waals surface area contributed by atoms with E-state index < -0.39 is 0 Å². The van der Waals surface area contributed by atoms with E-state index >= 15 is 0 Å². The molecule has 2 aromatic rings. The standard InChI is InChI=1S/C20H25N3O2/c1-20(2,3)19(25)23-12-9-14(10-13-23)18(24)22-17-8-4-7-16-15(17)6-5-11-21-16/h4-8,11,14H,9-10,12-13H2,1-3H3,(H,22,24). The monoisotopic (exact) mass is 339 g/mol. The number of hydrogen-bond acceptors (Lipinski definition) is 3. The van der Waals surface area contributed by atoms with Gasteiger partial charge in [-0.1, -0.05) is 26.8 Å². The maximum absolute atomic E-state index is 12.6. The van der Waals surface area contributed by atoms with Crippen molar-refractivity contribution in [2.75, 3.05) is 18.4 Å². The number of piperidine rings is 1. The van der Waals surface area contributed by atoms with E-state index in [9.17, 15) is 9.59 Å². The number of likely N-dealkylation sites (tertiary alicyclic amines) is 1. The molecule has 0 bridgehead atoms. The second-order valence-electron chi connectivity index (χ2n) is 7.68. The normalized spacial score (nSPS) is 16.0. The third-order valence-electron chi connectivity index (χ3n) is 4.70. The van der Waals surface area contributed by atoms with Gasteiger partial charge in [-0.3, -0.25) is 14.6 Å². The molecule has 0 saturated carbocycles. The molecule has 0 aliphatic carbocycles. The molecular weight excluding hydrogens is 314 g/mol. The van der Waals surface area contributed by atoms with Gasteiger partial charge in [-0.05, 0) is 37.1 Å². The van der Waals surface area contributed by atoms with Crippen molar-refractivity contribution in [3.63, 3.8) is 0 Å². The average Bonchev–Trinajstić information content (AvgIpc) is 2.61. The van der Waals surface area contributed by atoms with Crippen LogP contribution in [0.5, 0.6) is 0 Å². The van der Waals surface area contributed by atoms with Crippen LogP contribution in [0.15, 0.2) is 36.5 Å². The highest BCUT2D eigenvalue weighted by atomic mass is 16.2. The quantitative estimate of drug-likeness (QED) is 0.911. The summed E-state index contributed by atoms with van der Waals surface area (Å²) in [6.07, 6.45) is 3.16.